The lowest BCUT2D eigenvalue weighted by atomic mass is 9.82. The Labute approximate surface area is 185 Å². The predicted octanol–water partition coefficient (Wildman–Crippen LogP) is 6.80. The third-order valence-electron chi connectivity index (χ3n) is 6.03. The average Bonchev–Trinajstić information content (AvgIpc) is 2.58. The van der Waals surface area contributed by atoms with Crippen LogP contribution < -0.4 is 0 Å². The summed E-state index contributed by atoms with van der Waals surface area (Å²) >= 11 is 0. The van der Waals surface area contributed by atoms with Gasteiger partial charge in [-0.05, 0) is 74.0 Å². The molecule has 4 heteroatoms. The maximum atomic E-state index is 12.4. The van der Waals surface area contributed by atoms with Crippen molar-refractivity contribution < 1.29 is 19.1 Å². The molecular weight excluding hydrogens is 376 g/mol. The molecule has 0 N–H and O–H groups in total. The van der Waals surface area contributed by atoms with Crippen LogP contribution in [0.2, 0.25) is 0 Å². The maximum absolute atomic E-state index is 12.4. The van der Waals surface area contributed by atoms with E-state index in [0.29, 0.717) is 35.9 Å². The molecule has 2 unspecified atom stereocenters. The highest BCUT2D eigenvalue weighted by Gasteiger charge is 2.31. The second-order valence-electron chi connectivity index (χ2n) is 12.2. The van der Waals surface area contributed by atoms with E-state index in [-0.39, 0.29) is 23.8 Å². The normalized spacial score (nSPS) is 22.3. The zero-order chi connectivity index (χ0) is 22.9. The standard InChI is InChI=1S/C26H48O4/c1-19(17-25(3,4)5)13-15-29-23(27)21-9-11-22(12-10-21)24(28)30-16-14-20(2)18-26(6,7)8/h19-22H,9-18H2,1-8H3. The SMILES string of the molecule is CC(CCOC(=O)C1CCC(C(=O)OCCC(C)CC(C)(C)C)CC1)CC(C)(C)C. The van der Waals surface area contributed by atoms with Crippen molar-refractivity contribution in [3.05, 3.63) is 0 Å². The largest absolute Gasteiger partial charge is 0.465 e. The summed E-state index contributed by atoms with van der Waals surface area (Å²) in [7, 11) is 0. The molecule has 0 bridgehead atoms. The molecule has 1 saturated carbocycles. The minimum Gasteiger partial charge on any atom is -0.465 e. The van der Waals surface area contributed by atoms with Crippen LogP contribution in [0, 0.1) is 34.5 Å². The first-order valence-corrected chi connectivity index (χ1v) is 12.1. The molecule has 1 fully saturated rings. The van der Waals surface area contributed by atoms with E-state index in [2.05, 4.69) is 55.4 Å². The van der Waals surface area contributed by atoms with Crippen LogP contribution in [0.4, 0.5) is 0 Å². The first-order valence-electron chi connectivity index (χ1n) is 12.1. The van der Waals surface area contributed by atoms with Gasteiger partial charge >= 0.3 is 11.9 Å². The van der Waals surface area contributed by atoms with Gasteiger partial charge in [0.1, 0.15) is 0 Å². The van der Waals surface area contributed by atoms with Crippen LogP contribution in [0.3, 0.4) is 0 Å². The molecule has 0 aromatic rings. The Morgan fingerprint density at radius 2 is 1.00 bits per heavy atom. The molecular formula is C26H48O4. The van der Waals surface area contributed by atoms with Gasteiger partial charge < -0.3 is 9.47 Å². The Bertz CT molecular complexity index is 470. The molecule has 1 aliphatic rings. The molecule has 0 amide bonds. The van der Waals surface area contributed by atoms with Crippen molar-refractivity contribution in [1.29, 1.82) is 0 Å². The van der Waals surface area contributed by atoms with Crippen LogP contribution in [0.25, 0.3) is 0 Å². The highest BCUT2D eigenvalue weighted by molar-refractivity contribution is 5.75. The van der Waals surface area contributed by atoms with Crippen molar-refractivity contribution >= 4 is 11.9 Å². The van der Waals surface area contributed by atoms with E-state index in [1.165, 1.54) is 0 Å². The minimum atomic E-state index is -0.0826. The lowest BCUT2D eigenvalue weighted by Gasteiger charge is -2.27. The molecule has 0 aliphatic heterocycles. The van der Waals surface area contributed by atoms with E-state index in [0.717, 1.165) is 51.4 Å². The van der Waals surface area contributed by atoms with Gasteiger partial charge in [-0.2, -0.15) is 0 Å². The summed E-state index contributed by atoms with van der Waals surface area (Å²) in [4.78, 5) is 24.7. The molecule has 30 heavy (non-hydrogen) atoms. The molecule has 0 aromatic carbocycles. The molecule has 0 saturated heterocycles. The molecule has 0 radical (unpaired) electrons. The lowest BCUT2D eigenvalue weighted by molar-refractivity contribution is -0.155. The van der Waals surface area contributed by atoms with E-state index in [9.17, 15) is 9.59 Å². The number of hydrogen-bond acceptors (Lipinski definition) is 4. The predicted molar refractivity (Wildman–Crippen MR) is 123 cm³/mol. The van der Waals surface area contributed by atoms with Crippen LogP contribution in [-0.2, 0) is 19.1 Å². The fraction of sp³-hybridized carbons (Fsp3) is 0.923. The fourth-order valence-corrected chi connectivity index (χ4v) is 4.82. The minimum absolute atomic E-state index is 0.0567. The summed E-state index contributed by atoms with van der Waals surface area (Å²) in [5, 5.41) is 0. The average molecular weight is 425 g/mol. The van der Waals surface area contributed by atoms with Crippen molar-refractivity contribution in [3.8, 4) is 0 Å². The second kappa shape index (κ2) is 12.1. The highest BCUT2D eigenvalue weighted by Crippen LogP contribution is 2.31. The summed E-state index contributed by atoms with van der Waals surface area (Å²) in [5.41, 5.74) is 0.613. The smallest absolute Gasteiger partial charge is 0.308 e. The molecule has 176 valence electrons. The van der Waals surface area contributed by atoms with Crippen LogP contribution in [0.1, 0.15) is 107 Å². The van der Waals surface area contributed by atoms with Crippen LogP contribution in [0.5, 0.6) is 0 Å². The number of hydrogen-bond donors (Lipinski definition) is 0. The Balaban J connectivity index is 2.22. The zero-order valence-corrected chi connectivity index (χ0v) is 21.0. The Hall–Kier alpha value is -1.06. The van der Waals surface area contributed by atoms with Crippen molar-refractivity contribution in [3.63, 3.8) is 0 Å². The second-order valence-corrected chi connectivity index (χ2v) is 12.2. The summed E-state index contributed by atoms with van der Waals surface area (Å²) in [5.74, 6) is 0.822. The van der Waals surface area contributed by atoms with Gasteiger partial charge in [0.05, 0.1) is 25.0 Å². The van der Waals surface area contributed by atoms with Gasteiger partial charge in [-0.15, -0.1) is 0 Å². The molecule has 1 rings (SSSR count). The Morgan fingerprint density at radius 3 is 1.27 bits per heavy atom. The maximum Gasteiger partial charge on any atom is 0.308 e. The first kappa shape index (κ1) is 27.0. The summed E-state index contributed by atoms with van der Waals surface area (Å²) in [6.07, 6.45) is 7.02. The lowest BCUT2D eigenvalue weighted by Crippen LogP contribution is -2.29. The number of rotatable bonds is 10. The van der Waals surface area contributed by atoms with Gasteiger partial charge in [-0.3, -0.25) is 9.59 Å². The van der Waals surface area contributed by atoms with E-state index in [1.807, 2.05) is 0 Å². The third-order valence-corrected chi connectivity index (χ3v) is 6.03. The molecule has 0 aromatic heterocycles. The molecule has 0 spiro atoms. The highest BCUT2D eigenvalue weighted by atomic mass is 16.5. The molecule has 1 aliphatic carbocycles. The van der Waals surface area contributed by atoms with Gasteiger partial charge in [0.25, 0.3) is 0 Å². The van der Waals surface area contributed by atoms with Crippen molar-refractivity contribution in [2.75, 3.05) is 13.2 Å². The fourth-order valence-electron chi connectivity index (χ4n) is 4.82. The molecule has 0 heterocycles. The van der Waals surface area contributed by atoms with E-state index < -0.39 is 0 Å². The summed E-state index contributed by atoms with van der Waals surface area (Å²) < 4.78 is 11.1. The summed E-state index contributed by atoms with van der Waals surface area (Å²) in [6, 6.07) is 0. The monoisotopic (exact) mass is 424 g/mol. The number of carbonyl (C=O) groups excluding carboxylic acids is 2. The molecule has 4 nitrogen and oxygen atoms in total. The number of ether oxygens (including phenoxy) is 2. The van der Waals surface area contributed by atoms with Gasteiger partial charge in [-0.25, -0.2) is 0 Å². The van der Waals surface area contributed by atoms with E-state index in [4.69, 9.17) is 9.47 Å². The van der Waals surface area contributed by atoms with Gasteiger partial charge in [0, 0.05) is 0 Å². The van der Waals surface area contributed by atoms with E-state index in [1.54, 1.807) is 0 Å². The molecule has 2 atom stereocenters. The number of carbonyl (C=O) groups is 2. The number of esters is 2. The van der Waals surface area contributed by atoms with Gasteiger partial charge in [0.15, 0.2) is 0 Å². The Kier molecular flexibility index (Phi) is 10.9. The van der Waals surface area contributed by atoms with Crippen molar-refractivity contribution in [2.24, 2.45) is 34.5 Å². The zero-order valence-electron chi connectivity index (χ0n) is 21.0. The topological polar surface area (TPSA) is 52.6 Å². The third kappa shape index (κ3) is 12.0. The van der Waals surface area contributed by atoms with Crippen molar-refractivity contribution in [2.45, 2.75) is 107 Å². The van der Waals surface area contributed by atoms with Gasteiger partial charge in [-0.1, -0.05) is 55.4 Å². The summed E-state index contributed by atoms with van der Waals surface area (Å²) in [6.45, 7) is 18.9. The van der Waals surface area contributed by atoms with Crippen molar-refractivity contribution in [1.82, 2.24) is 0 Å². The van der Waals surface area contributed by atoms with Gasteiger partial charge in [0.2, 0.25) is 0 Å². The van der Waals surface area contributed by atoms with Crippen LogP contribution in [0.15, 0.2) is 0 Å². The Morgan fingerprint density at radius 1 is 0.700 bits per heavy atom. The first-order chi connectivity index (χ1) is 13.8. The van der Waals surface area contributed by atoms with E-state index >= 15 is 0 Å². The quantitative estimate of drug-likeness (QED) is 0.362. The van der Waals surface area contributed by atoms with Crippen LogP contribution >= 0.6 is 0 Å². The van der Waals surface area contributed by atoms with Crippen LogP contribution in [-0.4, -0.2) is 25.2 Å².